The van der Waals surface area contributed by atoms with E-state index in [1.54, 1.807) is 46.2 Å². The maximum absolute atomic E-state index is 13.6. The molecule has 2 aliphatic heterocycles. The number of carbonyl (C=O) groups excluding carboxylic acids is 4. The van der Waals surface area contributed by atoms with E-state index in [0.29, 0.717) is 40.3 Å². The molecule has 1 N–H and O–H groups in total. The number of hydrogen-bond donors (Lipinski definition) is 1. The standard InChI is InChI=1S/C25H27N3O7/c1-33-18-11-10-16-21(22(18)35-3)25(32)28-17-8-5-4-7-15(17)24(31)27(23(16)28)14-6-9-19(29)26-13-12-20(30)34-2/h4-5,7-8,10-11,23H,6,9,12-14H2,1-3H3,(H,26,29). The van der Waals surface area contributed by atoms with E-state index >= 15 is 0 Å². The first kappa shape index (κ1) is 24.1. The molecule has 3 amide bonds. The van der Waals surface area contributed by atoms with Crippen molar-refractivity contribution in [3.63, 3.8) is 0 Å². The van der Waals surface area contributed by atoms with Gasteiger partial charge in [-0.3, -0.25) is 24.1 Å². The van der Waals surface area contributed by atoms with Crippen LogP contribution in [0, 0.1) is 0 Å². The van der Waals surface area contributed by atoms with Gasteiger partial charge >= 0.3 is 5.97 Å². The number of para-hydroxylation sites is 1. The number of fused-ring (bicyclic) bond motifs is 5. The summed E-state index contributed by atoms with van der Waals surface area (Å²) in [6.07, 6.45) is -0.0437. The zero-order valence-corrected chi connectivity index (χ0v) is 19.8. The molecule has 0 aromatic heterocycles. The minimum absolute atomic E-state index is 0.0882. The van der Waals surface area contributed by atoms with Crippen LogP contribution in [-0.4, -0.2) is 63.0 Å². The van der Waals surface area contributed by atoms with Crippen LogP contribution < -0.4 is 19.7 Å². The van der Waals surface area contributed by atoms with Crippen LogP contribution in [0.15, 0.2) is 36.4 Å². The fourth-order valence-electron chi connectivity index (χ4n) is 4.56. The largest absolute Gasteiger partial charge is 0.493 e. The summed E-state index contributed by atoms with van der Waals surface area (Å²) in [7, 11) is 4.26. The van der Waals surface area contributed by atoms with Crippen molar-refractivity contribution >= 4 is 29.4 Å². The number of rotatable bonds is 9. The van der Waals surface area contributed by atoms with Crippen molar-refractivity contribution in [3.05, 3.63) is 53.1 Å². The van der Waals surface area contributed by atoms with Gasteiger partial charge in [0.15, 0.2) is 11.5 Å². The van der Waals surface area contributed by atoms with Gasteiger partial charge in [0.05, 0.1) is 44.6 Å². The van der Waals surface area contributed by atoms with Crippen molar-refractivity contribution in [1.82, 2.24) is 10.2 Å². The molecule has 184 valence electrons. The predicted molar refractivity (Wildman–Crippen MR) is 125 cm³/mol. The van der Waals surface area contributed by atoms with Crippen LogP contribution in [0.25, 0.3) is 0 Å². The highest BCUT2D eigenvalue weighted by molar-refractivity contribution is 6.18. The first-order chi connectivity index (χ1) is 16.9. The molecule has 0 radical (unpaired) electrons. The van der Waals surface area contributed by atoms with Crippen LogP contribution in [0.1, 0.15) is 51.7 Å². The molecular weight excluding hydrogens is 454 g/mol. The Kier molecular flexibility index (Phi) is 6.90. The van der Waals surface area contributed by atoms with E-state index in [9.17, 15) is 19.2 Å². The molecule has 0 saturated carbocycles. The highest BCUT2D eigenvalue weighted by Crippen LogP contribution is 2.49. The fourth-order valence-corrected chi connectivity index (χ4v) is 4.56. The third-order valence-electron chi connectivity index (χ3n) is 6.17. The number of benzene rings is 2. The summed E-state index contributed by atoms with van der Waals surface area (Å²) < 4.78 is 15.5. The molecule has 1 atom stereocenters. The lowest BCUT2D eigenvalue weighted by Gasteiger charge is -2.41. The second-order valence-electron chi connectivity index (χ2n) is 8.11. The summed E-state index contributed by atoms with van der Waals surface area (Å²) in [4.78, 5) is 53.7. The zero-order valence-electron chi connectivity index (χ0n) is 19.8. The number of nitrogens with zero attached hydrogens (tertiary/aromatic N) is 2. The average Bonchev–Trinajstić information content (AvgIpc) is 3.17. The number of carbonyl (C=O) groups is 4. The lowest BCUT2D eigenvalue weighted by molar-refractivity contribution is -0.140. The van der Waals surface area contributed by atoms with Crippen molar-refractivity contribution in [1.29, 1.82) is 0 Å². The molecule has 0 aliphatic carbocycles. The molecule has 0 fully saturated rings. The average molecular weight is 482 g/mol. The summed E-state index contributed by atoms with van der Waals surface area (Å²) >= 11 is 0. The third kappa shape index (κ3) is 4.27. The van der Waals surface area contributed by atoms with Crippen LogP contribution >= 0.6 is 0 Å². The van der Waals surface area contributed by atoms with E-state index in [0.717, 1.165) is 0 Å². The lowest BCUT2D eigenvalue weighted by Crippen LogP contribution is -2.48. The second-order valence-corrected chi connectivity index (χ2v) is 8.11. The highest BCUT2D eigenvalue weighted by Gasteiger charge is 2.49. The van der Waals surface area contributed by atoms with Gasteiger partial charge in [-0.2, -0.15) is 0 Å². The Morgan fingerprint density at radius 2 is 1.74 bits per heavy atom. The number of methoxy groups -OCH3 is 3. The number of esters is 1. The van der Waals surface area contributed by atoms with E-state index in [-0.39, 0.29) is 43.7 Å². The molecule has 10 heteroatoms. The van der Waals surface area contributed by atoms with E-state index in [4.69, 9.17) is 9.47 Å². The van der Waals surface area contributed by atoms with Crippen LogP contribution in [0.5, 0.6) is 11.5 Å². The topological polar surface area (TPSA) is 114 Å². The van der Waals surface area contributed by atoms with Crippen molar-refractivity contribution in [2.75, 3.05) is 39.3 Å². The predicted octanol–water partition coefficient (Wildman–Crippen LogP) is 2.28. The Labute approximate surface area is 202 Å². The first-order valence-electron chi connectivity index (χ1n) is 11.2. The minimum Gasteiger partial charge on any atom is -0.493 e. The number of hydrogen-bond acceptors (Lipinski definition) is 7. The Hall–Kier alpha value is -4.08. The van der Waals surface area contributed by atoms with Crippen molar-refractivity contribution in [2.45, 2.75) is 25.4 Å². The maximum atomic E-state index is 13.6. The van der Waals surface area contributed by atoms with Gasteiger partial charge < -0.3 is 24.4 Å². The first-order valence-corrected chi connectivity index (χ1v) is 11.2. The molecule has 0 saturated heterocycles. The van der Waals surface area contributed by atoms with Gasteiger partial charge in [-0.1, -0.05) is 18.2 Å². The molecular formula is C25H27N3O7. The Balaban J connectivity index is 1.60. The summed E-state index contributed by atoms with van der Waals surface area (Å²) in [5.74, 6) is -0.396. The summed E-state index contributed by atoms with van der Waals surface area (Å²) in [5, 5.41) is 2.67. The molecule has 35 heavy (non-hydrogen) atoms. The van der Waals surface area contributed by atoms with Crippen molar-refractivity contribution < 1.29 is 33.4 Å². The molecule has 0 spiro atoms. The van der Waals surface area contributed by atoms with E-state index in [1.807, 2.05) is 0 Å². The van der Waals surface area contributed by atoms with Crippen LogP contribution in [0.2, 0.25) is 0 Å². The molecule has 10 nitrogen and oxygen atoms in total. The summed E-state index contributed by atoms with van der Waals surface area (Å²) in [6, 6.07) is 10.5. The highest BCUT2D eigenvalue weighted by atomic mass is 16.5. The lowest BCUT2D eigenvalue weighted by atomic mass is 10.0. The Bertz CT molecular complexity index is 1180. The normalized spacial score (nSPS) is 15.8. The van der Waals surface area contributed by atoms with Gasteiger partial charge in [0, 0.05) is 25.1 Å². The molecule has 2 aromatic rings. The maximum Gasteiger partial charge on any atom is 0.307 e. The molecule has 4 rings (SSSR count). The van der Waals surface area contributed by atoms with Gasteiger partial charge in [0.25, 0.3) is 11.8 Å². The Morgan fingerprint density at radius 3 is 2.46 bits per heavy atom. The summed E-state index contributed by atoms with van der Waals surface area (Å²) in [6.45, 7) is 0.432. The van der Waals surface area contributed by atoms with Gasteiger partial charge in [-0.05, 0) is 24.6 Å². The van der Waals surface area contributed by atoms with E-state index < -0.39 is 12.1 Å². The molecule has 2 heterocycles. The van der Waals surface area contributed by atoms with Gasteiger partial charge in [-0.25, -0.2) is 0 Å². The molecule has 1 unspecified atom stereocenters. The van der Waals surface area contributed by atoms with Crippen LogP contribution in [-0.2, 0) is 14.3 Å². The van der Waals surface area contributed by atoms with Crippen LogP contribution in [0.4, 0.5) is 5.69 Å². The smallest absolute Gasteiger partial charge is 0.307 e. The molecule has 0 bridgehead atoms. The monoisotopic (exact) mass is 481 g/mol. The minimum atomic E-state index is -0.665. The van der Waals surface area contributed by atoms with Crippen LogP contribution in [0.3, 0.4) is 0 Å². The zero-order chi connectivity index (χ0) is 25.1. The van der Waals surface area contributed by atoms with Crippen molar-refractivity contribution in [3.8, 4) is 11.5 Å². The van der Waals surface area contributed by atoms with E-state index in [2.05, 4.69) is 10.1 Å². The van der Waals surface area contributed by atoms with Gasteiger partial charge in [0.2, 0.25) is 5.91 Å². The number of ether oxygens (including phenoxy) is 3. The van der Waals surface area contributed by atoms with Gasteiger partial charge in [0.1, 0.15) is 6.17 Å². The molecule has 2 aromatic carbocycles. The van der Waals surface area contributed by atoms with Crippen molar-refractivity contribution in [2.24, 2.45) is 0 Å². The second kappa shape index (κ2) is 10.0. The Morgan fingerprint density at radius 1 is 0.971 bits per heavy atom. The number of nitrogens with one attached hydrogen (secondary N) is 1. The van der Waals surface area contributed by atoms with E-state index in [1.165, 1.54) is 21.3 Å². The quantitative estimate of drug-likeness (QED) is 0.547. The SMILES string of the molecule is COC(=O)CCNC(=O)CCCN1C(=O)c2ccccc2N2C(=O)c3c(ccc(OC)c3OC)C12. The fraction of sp³-hybridized carbons (Fsp3) is 0.360. The summed E-state index contributed by atoms with van der Waals surface area (Å²) in [5.41, 5.74) is 1.94. The molecule has 2 aliphatic rings. The van der Waals surface area contributed by atoms with Gasteiger partial charge in [-0.15, -0.1) is 0 Å². The number of amides is 3. The number of anilines is 1. The third-order valence-corrected chi connectivity index (χ3v) is 6.17.